The maximum Gasteiger partial charge on any atom is 0.426 e. The molecule has 1 atom stereocenters. The number of hydrogen-bond acceptors (Lipinski definition) is 4. The van der Waals surface area contributed by atoms with Gasteiger partial charge in [0.05, 0.1) is 6.10 Å². The van der Waals surface area contributed by atoms with Crippen molar-refractivity contribution in [1.82, 2.24) is 0 Å². The fourth-order valence-electron chi connectivity index (χ4n) is 5.13. The van der Waals surface area contributed by atoms with Gasteiger partial charge in [-0.2, -0.15) is 26.3 Å². The highest BCUT2D eigenvalue weighted by atomic mass is 19.4. The first-order valence-electron chi connectivity index (χ1n) is 13.5. The van der Waals surface area contributed by atoms with E-state index in [1.54, 1.807) is 25.1 Å². The quantitative estimate of drug-likeness (QED) is 0.202. The van der Waals surface area contributed by atoms with Gasteiger partial charge in [0.15, 0.2) is 0 Å². The lowest BCUT2D eigenvalue weighted by molar-refractivity contribution is -0.369. The van der Waals surface area contributed by atoms with Crippen molar-refractivity contribution in [2.45, 2.75) is 102 Å². The molecule has 2 aromatic rings. The number of aliphatic carboxylic acids is 1. The summed E-state index contributed by atoms with van der Waals surface area (Å²) in [5.74, 6) is -0.375. The number of aliphatic hydroxyl groups excluding tert-OH is 1. The first kappa shape index (κ1) is 34.4. The monoisotopic (exact) mass is 592 g/mol. The SMILES string of the molecule is CCC(CC)(c1ccc(CCC(O)(C(F)(F)F)C(F)(F)F)c(C)c1)c1ccc(OC[C@H](O)CCCC(=O)O)c(C)c1. The second-order valence-electron chi connectivity index (χ2n) is 10.5. The van der Waals surface area contributed by atoms with Crippen molar-refractivity contribution in [3.8, 4) is 5.75 Å². The van der Waals surface area contributed by atoms with Gasteiger partial charge in [-0.3, -0.25) is 4.79 Å². The van der Waals surface area contributed by atoms with Gasteiger partial charge in [-0.05, 0) is 86.3 Å². The first-order valence-corrected chi connectivity index (χ1v) is 13.5. The van der Waals surface area contributed by atoms with Gasteiger partial charge < -0.3 is 20.1 Å². The van der Waals surface area contributed by atoms with E-state index >= 15 is 0 Å². The number of carboxylic acid groups (broad SMARTS) is 1. The summed E-state index contributed by atoms with van der Waals surface area (Å²) in [5, 5.41) is 28.3. The minimum Gasteiger partial charge on any atom is -0.491 e. The van der Waals surface area contributed by atoms with Crippen LogP contribution in [0.5, 0.6) is 5.75 Å². The summed E-state index contributed by atoms with van der Waals surface area (Å²) in [7, 11) is 0. The topological polar surface area (TPSA) is 87.0 Å². The zero-order valence-electron chi connectivity index (χ0n) is 23.6. The molecule has 0 spiro atoms. The molecular formula is C30H38F6O5. The lowest BCUT2D eigenvalue weighted by Gasteiger charge is -2.35. The molecule has 230 valence electrons. The van der Waals surface area contributed by atoms with Gasteiger partial charge in [0.1, 0.15) is 12.4 Å². The van der Waals surface area contributed by atoms with Crippen molar-refractivity contribution >= 4 is 5.97 Å². The molecule has 0 bridgehead atoms. The zero-order chi connectivity index (χ0) is 31.2. The second-order valence-corrected chi connectivity index (χ2v) is 10.5. The average Bonchev–Trinajstić information content (AvgIpc) is 2.87. The normalized spacial score (nSPS) is 13.8. The molecule has 0 radical (unpaired) electrons. The molecule has 0 heterocycles. The van der Waals surface area contributed by atoms with Crippen molar-refractivity contribution < 1.29 is 51.2 Å². The molecule has 2 aromatic carbocycles. The van der Waals surface area contributed by atoms with Gasteiger partial charge in [-0.25, -0.2) is 0 Å². The van der Waals surface area contributed by atoms with Crippen molar-refractivity contribution in [1.29, 1.82) is 0 Å². The molecular weight excluding hydrogens is 554 g/mol. The zero-order valence-corrected chi connectivity index (χ0v) is 23.6. The maximum atomic E-state index is 13.1. The Morgan fingerprint density at radius 2 is 1.44 bits per heavy atom. The largest absolute Gasteiger partial charge is 0.491 e. The third kappa shape index (κ3) is 7.94. The molecule has 0 aliphatic carbocycles. The number of benzene rings is 2. The van der Waals surface area contributed by atoms with E-state index in [4.69, 9.17) is 9.84 Å². The number of halogens is 6. The average molecular weight is 593 g/mol. The number of ether oxygens (including phenoxy) is 1. The van der Waals surface area contributed by atoms with Gasteiger partial charge in [0.25, 0.3) is 5.60 Å². The van der Waals surface area contributed by atoms with Crippen LogP contribution in [-0.4, -0.2) is 52.0 Å². The Labute approximate surface area is 236 Å². The third-order valence-electron chi connectivity index (χ3n) is 7.88. The predicted molar refractivity (Wildman–Crippen MR) is 142 cm³/mol. The summed E-state index contributed by atoms with van der Waals surface area (Å²) < 4.78 is 84.5. The molecule has 0 aromatic heterocycles. The standard InChI is InChI=1S/C30H38F6O5/c1-5-27(6-2,23-12-13-25(20(4)17-23)41-18-24(37)8-7-9-26(38)39)22-11-10-21(19(3)16-22)14-15-28(40,29(31,32)33)30(34,35)36/h10-13,16-17,24,37,40H,5-9,14-15,18H2,1-4H3,(H,38,39)/t24-/m1/s1. The van der Waals surface area contributed by atoms with Crippen molar-refractivity contribution in [3.63, 3.8) is 0 Å². The van der Waals surface area contributed by atoms with Gasteiger partial charge in [0, 0.05) is 11.8 Å². The van der Waals surface area contributed by atoms with E-state index < -0.39 is 48.3 Å². The van der Waals surface area contributed by atoms with Crippen LogP contribution in [-0.2, 0) is 16.6 Å². The van der Waals surface area contributed by atoms with Gasteiger partial charge in [0.2, 0.25) is 0 Å². The van der Waals surface area contributed by atoms with Crippen LogP contribution in [0.2, 0.25) is 0 Å². The maximum absolute atomic E-state index is 13.1. The highest BCUT2D eigenvalue weighted by Gasteiger charge is 2.69. The molecule has 0 saturated carbocycles. The number of rotatable bonds is 14. The van der Waals surface area contributed by atoms with Crippen molar-refractivity contribution in [2.24, 2.45) is 0 Å². The fraction of sp³-hybridized carbons (Fsp3) is 0.567. The molecule has 0 aliphatic rings. The van der Waals surface area contributed by atoms with Crippen LogP contribution in [0.3, 0.4) is 0 Å². The van der Waals surface area contributed by atoms with E-state index in [2.05, 4.69) is 0 Å². The van der Waals surface area contributed by atoms with E-state index in [0.29, 0.717) is 37.0 Å². The van der Waals surface area contributed by atoms with Crippen LogP contribution in [0.1, 0.15) is 80.2 Å². The molecule has 2 rings (SSSR count). The summed E-state index contributed by atoms with van der Waals surface area (Å²) >= 11 is 0. The van der Waals surface area contributed by atoms with Gasteiger partial charge >= 0.3 is 18.3 Å². The van der Waals surface area contributed by atoms with Crippen LogP contribution in [0.4, 0.5) is 26.3 Å². The highest BCUT2D eigenvalue weighted by molar-refractivity contribution is 5.66. The Bertz CT molecular complexity index is 1160. The van der Waals surface area contributed by atoms with Gasteiger partial charge in [-0.15, -0.1) is 0 Å². The Hall–Kier alpha value is -2.79. The van der Waals surface area contributed by atoms with E-state index in [9.17, 15) is 41.4 Å². The molecule has 3 N–H and O–H groups in total. The molecule has 0 fully saturated rings. The first-order chi connectivity index (χ1) is 18.9. The lowest BCUT2D eigenvalue weighted by Crippen LogP contribution is -2.57. The van der Waals surface area contributed by atoms with E-state index in [1.807, 2.05) is 32.9 Å². The number of aryl methyl sites for hydroxylation is 3. The van der Waals surface area contributed by atoms with Gasteiger partial charge in [-0.1, -0.05) is 44.2 Å². The molecule has 0 unspecified atom stereocenters. The minimum absolute atomic E-state index is 0.00492. The smallest absolute Gasteiger partial charge is 0.426 e. The molecule has 0 saturated heterocycles. The number of aliphatic hydroxyl groups is 2. The molecule has 41 heavy (non-hydrogen) atoms. The van der Waals surface area contributed by atoms with Crippen molar-refractivity contribution in [2.75, 3.05) is 6.61 Å². The molecule has 11 heteroatoms. The Morgan fingerprint density at radius 3 is 1.90 bits per heavy atom. The second kappa shape index (κ2) is 13.5. The van der Waals surface area contributed by atoms with E-state index in [-0.39, 0.29) is 18.6 Å². The molecule has 0 aliphatic heterocycles. The number of carbonyl (C=O) groups is 1. The highest BCUT2D eigenvalue weighted by Crippen LogP contribution is 2.46. The van der Waals surface area contributed by atoms with Crippen LogP contribution >= 0.6 is 0 Å². The minimum atomic E-state index is -5.86. The van der Waals surface area contributed by atoms with Crippen molar-refractivity contribution in [3.05, 3.63) is 64.2 Å². The molecule has 0 amide bonds. The summed E-state index contributed by atoms with van der Waals surface area (Å²) in [5.41, 5.74) is -1.88. The summed E-state index contributed by atoms with van der Waals surface area (Å²) in [6.45, 7) is 7.46. The Balaban J connectivity index is 2.27. The number of alkyl halides is 6. The van der Waals surface area contributed by atoms with E-state index in [1.165, 1.54) is 6.07 Å². The van der Waals surface area contributed by atoms with Crippen LogP contribution in [0.25, 0.3) is 0 Å². The third-order valence-corrected chi connectivity index (χ3v) is 7.88. The molecule has 5 nitrogen and oxygen atoms in total. The van der Waals surface area contributed by atoms with E-state index in [0.717, 1.165) is 16.7 Å². The summed E-state index contributed by atoms with van der Waals surface area (Å²) in [4.78, 5) is 10.6. The van der Waals surface area contributed by atoms with Crippen LogP contribution in [0, 0.1) is 13.8 Å². The lowest BCUT2D eigenvalue weighted by atomic mass is 9.69. The summed E-state index contributed by atoms with van der Waals surface area (Å²) in [6, 6.07) is 10.6. The summed E-state index contributed by atoms with van der Waals surface area (Å²) in [6.07, 6.45) is -12.8. The predicted octanol–water partition coefficient (Wildman–Crippen LogP) is 7.19. The number of carboxylic acids is 1. The number of hydrogen-bond donors (Lipinski definition) is 3. The Morgan fingerprint density at radius 1 is 0.902 bits per heavy atom. The van der Waals surface area contributed by atoms with Crippen LogP contribution in [0.15, 0.2) is 36.4 Å². The Kier molecular flexibility index (Phi) is 11.3. The fourth-order valence-corrected chi connectivity index (χ4v) is 5.13. The van der Waals surface area contributed by atoms with Crippen LogP contribution < -0.4 is 4.74 Å².